The fraction of sp³-hybridized carbons (Fsp3) is 0.133. The molecule has 0 aliphatic heterocycles. The summed E-state index contributed by atoms with van der Waals surface area (Å²) in [5.74, 6) is 0. The van der Waals surface area contributed by atoms with Crippen LogP contribution in [0.5, 0.6) is 0 Å². The molecule has 0 aromatic heterocycles. The van der Waals surface area contributed by atoms with Gasteiger partial charge in [0.15, 0.2) is 0 Å². The molecular weight excluding hydrogens is 238 g/mol. The van der Waals surface area contributed by atoms with Gasteiger partial charge in [0.25, 0.3) is 0 Å². The SMILES string of the molecule is Cc1ccc(N=NN([C-]=O)c2ccc(C)cc2)cc1. The summed E-state index contributed by atoms with van der Waals surface area (Å²) in [4.78, 5) is 10.9. The first kappa shape index (κ1) is 13.0. The number of nitrogens with zero attached hydrogens (tertiary/aromatic N) is 3. The van der Waals surface area contributed by atoms with Crippen molar-refractivity contribution in [2.24, 2.45) is 10.3 Å². The second-order valence-electron chi connectivity index (χ2n) is 4.26. The van der Waals surface area contributed by atoms with Crippen LogP contribution in [0.15, 0.2) is 58.9 Å². The molecule has 0 spiro atoms. The number of carbonyl (C=O) groups excluding carboxylic acids is 1. The third-order valence-electron chi connectivity index (χ3n) is 2.65. The molecule has 0 aliphatic carbocycles. The number of hydrogen-bond acceptors (Lipinski definition) is 3. The monoisotopic (exact) mass is 252 g/mol. The van der Waals surface area contributed by atoms with Gasteiger partial charge in [0, 0.05) is 0 Å². The smallest absolute Gasteiger partial charge is 0.0952 e. The van der Waals surface area contributed by atoms with Gasteiger partial charge in [0.05, 0.1) is 12.1 Å². The van der Waals surface area contributed by atoms with Gasteiger partial charge in [0.2, 0.25) is 0 Å². The van der Waals surface area contributed by atoms with E-state index in [4.69, 9.17) is 0 Å². The summed E-state index contributed by atoms with van der Waals surface area (Å²) in [5.41, 5.74) is 3.59. The molecule has 4 nitrogen and oxygen atoms in total. The predicted octanol–water partition coefficient (Wildman–Crippen LogP) is 3.88. The molecule has 19 heavy (non-hydrogen) atoms. The zero-order valence-electron chi connectivity index (χ0n) is 10.9. The van der Waals surface area contributed by atoms with Gasteiger partial charge >= 0.3 is 0 Å². The molecule has 0 heterocycles. The van der Waals surface area contributed by atoms with Crippen molar-refractivity contribution in [2.45, 2.75) is 13.8 Å². The highest BCUT2D eigenvalue weighted by Crippen LogP contribution is 2.17. The van der Waals surface area contributed by atoms with Crippen molar-refractivity contribution >= 4 is 17.8 Å². The summed E-state index contributed by atoms with van der Waals surface area (Å²) >= 11 is 0. The second kappa shape index (κ2) is 5.91. The fourth-order valence-electron chi connectivity index (χ4n) is 1.52. The van der Waals surface area contributed by atoms with Crippen LogP contribution < -0.4 is 5.01 Å². The van der Waals surface area contributed by atoms with E-state index in [1.54, 1.807) is 18.5 Å². The Labute approximate surface area is 112 Å². The Hall–Kier alpha value is -2.49. The standard InChI is InChI=1S/C15H14N3O/c1-12-3-7-14(8-4-12)16-17-18(11-19)15-9-5-13(2)6-10-15/h3-10H,1-2H3/q-1. The van der Waals surface area contributed by atoms with Crippen LogP contribution in [0.2, 0.25) is 0 Å². The first-order valence-corrected chi connectivity index (χ1v) is 5.92. The minimum atomic E-state index is 0.636. The van der Waals surface area contributed by atoms with E-state index in [-0.39, 0.29) is 0 Å². The molecule has 96 valence electrons. The summed E-state index contributed by atoms with van der Waals surface area (Å²) in [6, 6.07) is 15.0. The highest BCUT2D eigenvalue weighted by atomic mass is 16.1. The Bertz CT molecular complexity index is 573. The van der Waals surface area contributed by atoms with Crippen molar-refractivity contribution in [3.63, 3.8) is 0 Å². The van der Waals surface area contributed by atoms with E-state index >= 15 is 0 Å². The van der Waals surface area contributed by atoms with E-state index in [2.05, 4.69) is 10.3 Å². The van der Waals surface area contributed by atoms with Crippen molar-refractivity contribution in [3.05, 3.63) is 59.7 Å². The minimum Gasteiger partial charge on any atom is -0.397 e. The molecule has 2 rings (SSSR count). The fourth-order valence-corrected chi connectivity index (χ4v) is 1.52. The Morgan fingerprint density at radius 3 is 1.95 bits per heavy atom. The summed E-state index contributed by atoms with van der Waals surface area (Å²) in [5, 5.41) is 8.97. The summed E-state index contributed by atoms with van der Waals surface area (Å²) in [7, 11) is 0. The molecule has 0 saturated heterocycles. The summed E-state index contributed by atoms with van der Waals surface area (Å²) in [6.45, 7) is 3.98. The lowest BCUT2D eigenvalue weighted by atomic mass is 10.2. The molecule has 0 saturated carbocycles. The zero-order chi connectivity index (χ0) is 13.7. The van der Waals surface area contributed by atoms with E-state index in [0.717, 1.165) is 16.1 Å². The Morgan fingerprint density at radius 2 is 1.42 bits per heavy atom. The van der Waals surface area contributed by atoms with Crippen molar-refractivity contribution in [3.8, 4) is 0 Å². The molecule has 2 aromatic rings. The number of aryl methyl sites for hydroxylation is 2. The minimum absolute atomic E-state index is 0.636. The normalized spacial score (nSPS) is 10.6. The van der Waals surface area contributed by atoms with Gasteiger partial charge < -0.3 is 9.80 Å². The van der Waals surface area contributed by atoms with Crippen molar-refractivity contribution < 1.29 is 4.79 Å². The van der Waals surface area contributed by atoms with Crippen molar-refractivity contribution in [1.29, 1.82) is 0 Å². The lowest BCUT2D eigenvalue weighted by Gasteiger charge is -2.20. The van der Waals surface area contributed by atoms with E-state index in [1.807, 2.05) is 50.2 Å². The van der Waals surface area contributed by atoms with Gasteiger partial charge in [0.1, 0.15) is 0 Å². The van der Waals surface area contributed by atoms with Gasteiger partial charge in [-0.1, -0.05) is 46.3 Å². The van der Waals surface area contributed by atoms with Crippen LogP contribution in [-0.2, 0) is 4.79 Å². The Balaban J connectivity index is 2.17. The van der Waals surface area contributed by atoms with Gasteiger partial charge in [-0.15, -0.1) is 17.2 Å². The number of rotatable bonds is 4. The predicted molar refractivity (Wildman–Crippen MR) is 75.0 cm³/mol. The van der Waals surface area contributed by atoms with Crippen LogP contribution in [0, 0.1) is 13.8 Å². The quantitative estimate of drug-likeness (QED) is 0.352. The topological polar surface area (TPSA) is 45.0 Å². The van der Waals surface area contributed by atoms with E-state index in [1.165, 1.54) is 0 Å². The Kier molecular flexibility index (Phi) is 4.03. The van der Waals surface area contributed by atoms with E-state index in [9.17, 15) is 4.79 Å². The maximum absolute atomic E-state index is 10.9. The summed E-state index contributed by atoms with van der Waals surface area (Å²) < 4.78 is 0. The third kappa shape index (κ3) is 3.48. The third-order valence-corrected chi connectivity index (χ3v) is 2.65. The molecule has 0 unspecified atom stereocenters. The van der Waals surface area contributed by atoms with E-state index < -0.39 is 0 Å². The molecule has 0 N–H and O–H groups in total. The van der Waals surface area contributed by atoms with Crippen LogP contribution in [0.1, 0.15) is 11.1 Å². The van der Waals surface area contributed by atoms with E-state index in [0.29, 0.717) is 11.4 Å². The maximum Gasteiger partial charge on any atom is 0.0952 e. The largest absolute Gasteiger partial charge is 0.397 e. The average Bonchev–Trinajstić information content (AvgIpc) is 2.43. The summed E-state index contributed by atoms with van der Waals surface area (Å²) in [6.07, 6.45) is 1.74. The van der Waals surface area contributed by atoms with Crippen LogP contribution in [0.3, 0.4) is 0 Å². The zero-order valence-corrected chi connectivity index (χ0v) is 10.9. The van der Waals surface area contributed by atoms with Gasteiger partial charge in [-0.2, -0.15) is 0 Å². The molecule has 1 amide bonds. The molecule has 0 radical (unpaired) electrons. The van der Waals surface area contributed by atoms with Crippen LogP contribution in [0.4, 0.5) is 11.4 Å². The molecule has 0 fully saturated rings. The number of anilines is 1. The number of amides is 1. The van der Waals surface area contributed by atoms with Gasteiger partial charge in [-0.05, 0) is 26.0 Å². The van der Waals surface area contributed by atoms with Crippen molar-refractivity contribution in [2.75, 3.05) is 5.01 Å². The van der Waals surface area contributed by atoms with Gasteiger partial charge in [-0.25, -0.2) is 0 Å². The lowest BCUT2D eigenvalue weighted by molar-refractivity contribution is 0.551. The van der Waals surface area contributed by atoms with Crippen LogP contribution in [-0.4, -0.2) is 6.41 Å². The first-order chi connectivity index (χ1) is 9.19. The molecule has 2 aromatic carbocycles. The molecule has 0 aliphatic rings. The number of hydrogen-bond donors (Lipinski definition) is 0. The highest BCUT2D eigenvalue weighted by Gasteiger charge is 1.93. The van der Waals surface area contributed by atoms with Crippen LogP contribution >= 0.6 is 0 Å². The molecule has 0 atom stereocenters. The Morgan fingerprint density at radius 1 is 0.895 bits per heavy atom. The number of benzene rings is 2. The molecule has 4 heteroatoms. The van der Waals surface area contributed by atoms with Gasteiger partial charge in [-0.3, -0.25) is 0 Å². The maximum atomic E-state index is 10.9. The van der Waals surface area contributed by atoms with Crippen molar-refractivity contribution in [1.82, 2.24) is 0 Å². The molecule has 0 bridgehead atoms. The highest BCUT2D eigenvalue weighted by molar-refractivity contribution is 5.74. The lowest BCUT2D eigenvalue weighted by Crippen LogP contribution is -2.11. The average molecular weight is 252 g/mol. The van der Waals surface area contributed by atoms with Crippen LogP contribution in [0.25, 0.3) is 0 Å². The second-order valence-corrected chi connectivity index (χ2v) is 4.26. The molecular formula is C15H14N3O-. The first-order valence-electron chi connectivity index (χ1n) is 5.92.